The Hall–Kier alpha value is -1.51. The molecule has 0 aromatic carbocycles. The molecule has 0 aliphatic heterocycles. The normalized spacial score (nSPS) is 13.6. The maximum atomic E-state index is 12.7. The van der Waals surface area contributed by atoms with E-state index in [1.807, 2.05) is 21.1 Å². The molecule has 0 radical (unpaired) electrons. The number of phosphoric ester groups is 1. The lowest BCUT2D eigenvalue weighted by Gasteiger charge is -2.28. The first-order chi connectivity index (χ1) is 29.5. The van der Waals surface area contributed by atoms with Crippen molar-refractivity contribution in [1.29, 1.82) is 0 Å². The van der Waals surface area contributed by atoms with Crippen LogP contribution in [0.15, 0.2) is 24.3 Å². The lowest BCUT2D eigenvalue weighted by molar-refractivity contribution is -0.870. The SMILES string of the molecule is CCCCCC/C=C\C/C=C\CCCCCCCC(=O)OC(COC(=O)CCCCCCCCCCCCCCCCCCCCCCC)COP(=O)([O-])OCC[N+](C)(C)C. The van der Waals surface area contributed by atoms with E-state index in [9.17, 15) is 19.0 Å². The van der Waals surface area contributed by atoms with E-state index in [1.165, 1.54) is 148 Å². The van der Waals surface area contributed by atoms with Crippen LogP contribution in [-0.4, -0.2) is 70.0 Å². The highest BCUT2D eigenvalue weighted by atomic mass is 31.2. The maximum absolute atomic E-state index is 12.7. The number of carbonyl (C=O) groups is 2. The summed E-state index contributed by atoms with van der Waals surface area (Å²) >= 11 is 0. The summed E-state index contributed by atoms with van der Waals surface area (Å²) in [6.07, 6.45) is 49.2. The molecule has 0 aliphatic rings. The number of likely N-dealkylation sites (N-methyl/N-ethyl adjacent to an activating group) is 1. The van der Waals surface area contributed by atoms with Crippen molar-refractivity contribution >= 4 is 19.8 Å². The number of hydrogen-bond donors (Lipinski definition) is 0. The zero-order valence-electron chi connectivity index (χ0n) is 40.6. The number of carbonyl (C=O) groups excluding carboxylic acids is 2. The number of unbranched alkanes of at least 4 members (excludes halogenated alkanes) is 29. The Labute approximate surface area is 377 Å². The second kappa shape index (κ2) is 43.7. The first-order valence-electron chi connectivity index (χ1n) is 25.5. The number of allylic oxidation sites excluding steroid dienone is 4. The van der Waals surface area contributed by atoms with Crippen LogP contribution in [0.5, 0.6) is 0 Å². The van der Waals surface area contributed by atoms with Gasteiger partial charge in [-0.25, -0.2) is 0 Å². The molecule has 9 nitrogen and oxygen atoms in total. The summed E-state index contributed by atoms with van der Waals surface area (Å²) in [4.78, 5) is 37.7. The maximum Gasteiger partial charge on any atom is 0.306 e. The van der Waals surface area contributed by atoms with Gasteiger partial charge in [0.15, 0.2) is 6.10 Å². The molecule has 0 aromatic rings. The highest BCUT2D eigenvalue weighted by molar-refractivity contribution is 7.45. The molecule has 0 fully saturated rings. The number of phosphoric acid groups is 1. The van der Waals surface area contributed by atoms with Crippen LogP contribution in [0, 0.1) is 0 Å². The van der Waals surface area contributed by atoms with Gasteiger partial charge in [-0.05, 0) is 44.9 Å². The predicted molar refractivity (Wildman–Crippen MR) is 254 cm³/mol. The third kappa shape index (κ3) is 47.8. The summed E-state index contributed by atoms with van der Waals surface area (Å²) in [6.45, 7) is 4.23. The van der Waals surface area contributed by atoms with E-state index < -0.39 is 26.5 Å². The van der Waals surface area contributed by atoms with E-state index in [2.05, 4.69) is 38.2 Å². The van der Waals surface area contributed by atoms with Crippen molar-refractivity contribution in [3.05, 3.63) is 24.3 Å². The summed E-state index contributed by atoms with van der Waals surface area (Å²) in [5, 5.41) is 0. The van der Waals surface area contributed by atoms with Crippen LogP contribution in [-0.2, 0) is 32.7 Å². The first kappa shape index (κ1) is 59.5. The van der Waals surface area contributed by atoms with E-state index in [4.69, 9.17) is 18.5 Å². The van der Waals surface area contributed by atoms with Crippen molar-refractivity contribution in [2.75, 3.05) is 47.5 Å². The molecule has 10 heteroatoms. The minimum Gasteiger partial charge on any atom is -0.756 e. The van der Waals surface area contributed by atoms with Gasteiger partial charge in [0.05, 0.1) is 27.7 Å². The van der Waals surface area contributed by atoms with Gasteiger partial charge >= 0.3 is 11.9 Å². The predicted octanol–water partition coefficient (Wildman–Crippen LogP) is 14.5. The minimum absolute atomic E-state index is 0.0316. The molecule has 61 heavy (non-hydrogen) atoms. The summed E-state index contributed by atoms with van der Waals surface area (Å²) in [6, 6.07) is 0. The number of quaternary nitrogens is 1. The average Bonchev–Trinajstić information content (AvgIpc) is 3.21. The Balaban J connectivity index is 4.22. The monoisotopic (exact) mass is 884 g/mol. The van der Waals surface area contributed by atoms with Crippen molar-refractivity contribution in [2.45, 2.75) is 245 Å². The van der Waals surface area contributed by atoms with E-state index in [0.717, 1.165) is 57.8 Å². The molecule has 0 spiro atoms. The molecule has 0 saturated heterocycles. The molecule has 0 N–H and O–H groups in total. The Morgan fingerprint density at radius 3 is 1.31 bits per heavy atom. The number of nitrogens with zero attached hydrogens (tertiary/aromatic N) is 1. The van der Waals surface area contributed by atoms with E-state index in [-0.39, 0.29) is 32.0 Å². The van der Waals surface area contributed by atoms with Crippen molar-refractivity contribution in [1.82, 2.24) is 0 Å². The molecule has 0 rings (SSSR count). The Bertz CT molecular complexity index is 1090. The third-order valence-electron chi connectivity index (χ3n) is 11.2. The lowest BCUT2D eigenvalue weighted by atomic mass is 10.0. The summed E-state index contributed by atoms with van der Waals surface area (Å²) < 4.78 is 34.0. The molecular formula is C51H98NO8P. The minimum atomic E-state index is -4.63. The van der Waals surface area contributed by atoms with Gasteiger partial charge < -0.3 is 27.9 Å². The fourth-order valence-electron chi connectivity index (χ4n) is 7.22. The van der Waals surface area contributed by atoms with E-state index in [1.54, 1.807) is 0 Å². The molecular weight excluding hydrogens is 786 g/mol. The van der Waals surface area contributed by atoms with E-state index >= 15 is 0 Å². The summed E-state index contributed by atoms with van der Waals surface area (Å²) in [5.74, 6) is -0.838. The number of hydrogen-bond acceptors (Lipinski definition) is 8. The van der Waals surface area contributed by atoms with Gasteiger partial charge in [-0.15, -0.1) is 0 Å². The molecule has 0 aliphatic carbocycles. The van der Waals surface area contributed by atoms with Crippen LogP contribution in [0.4, 0.5) is 0 Å². The second-order valence-corrected chi connectivity index (χ2v) is 20.0. The van der Waals surface area contributed by atoms with E-state index in [0.29, 0.717) is 17.4 Å². The highest BCUT2D eigenvalue weighted by Crippen LogP contribution is 2.38. The van der Waals surface area contributed by atoms with Gasteiger partial charge in [-0.3, -0.25) is 14.2 Å². The van der Waals surface area contributed by atoms with Crippen LogP contribution in [0.25, 0.3) is 0 Å². The molecule has 360 valence electrons. The van der Waals surface area contributed by atoms with Gasteiger partial charge in [0.1, 0.15) is 19.8 Å². The molecule has 0 amide bonds. The zero-order valence-corrected chi connectivity index (χ0v) is 41.5. The summed E-state index contributed by atoms with van der Waals surface area (Å²) in [7, 11) is 1.16. The van der Waals surface area contributed by atoms with Gasteiger partial charge in [0.25, 0.3) is 7.82 Å². The molecule has 2 atom stereocenters. The van der Waals surface area contributed by atoms with Crippen molar-refractivity contribution in [3.63, 3.8) is 0 Å². The average molecular weight is 884 g/mol. The number of esters is 2. The van der Waals surface area contributed by atoms with Gasteiger partial charge in [-0.2, -0.15) is 0 Å². The first-order valence-corrected chi connectivity index (χ1v) is 27.0. The lowest BCUT2D eigenvalue weighted by Crippen LogP contribution is -2.37. The zero-order chi connectivity index (χ0) is 45.0. The molecule has 2 unspecified atom stereocenters. The fourth-order valence-corrected chi connectivity index (χ4v) is 7.94. The van der Waals surface area contributed by atoms with Crippen molar-refractivity contribution in [3.8, 4) is 0 Å². The van der Waals surface area contributed by atoms with Gasteiger partial charge in [0, 0.05) is 12.8 Å². The largest absolute Gasteiger partial charge is 0.756 e. The molecule has 0 heterocycles. The van der Waals surface area contributed by atoms with Crippen molar-refractivity contribution in [2.24, 2.45) is 0 Å². The van der Waals surface area contributed by atoms with Crippen LogP contribution in [0.2, 0.25) is 0 Å². The number of ether oxygens (including phenoxy) is 2. The molecule has 0 aromatic heterocycles. The molecule has 0 saturated carbocycles. The van der Waals surface area contributed by atoms with Crippen LogP contribution < -0.4 is 4.89 Å². The Morgan fingerprint density at radius 2 is 0.885 bits per heavy atom. The fraction of sp³-hybridized carbons (Fsp3) is 0.882. The smallest absolute Gasteiger partial charge is 0.306 e. The van der Waals surface area contributed by atoms with Crippen LogP contribution >= 0.6 is 7.82 Å². The topological polar surface area (TPSA) is 111 Å². The van der Waals surface area contributed by atoms with Crippen LogP contribution in [0.1, 0.15) is 239 Å². The standard InChI is InChI=1S/C51H98NO8P/c1-6-8-10-12-14-16-18-20-22-24-25-26-27-28-30-31-33-35-37-39-41-43-50(53)57-47-49(48-59-61(55,56)58-46-45-52(3,4)5)60-51(54)44-42-40-38-36-34-32-29-23-21-19-17-15-13-11-9-7-2/h17,19,23,29,49H,6-16,18,20-22,24-28,30-48H2,1-5H3/b19-17-,29-23-. The summed E-state index contributed by atoms with van der Waals surface area (Å²) in [5.41, 5.74) is 0. The second-order valence-electron chi connectivity index (χ2n) is 18.5. The van der Waals surface area contributed by atoms with Crippen LogP contribution in [0.3, 0.4) is 0 Å². The number of rotatable bonds is 47. The van der Waals surface area contributed by atoms with Gasteiger partial charge in [-0.1, -0.05) is 205 Å². The Morgan fingerprint density at radius 1 is 0.508 bits per heavy atom. The molecule has 0 bridgehead atoms. The highest BCUT2D eigenvalue weighted by Gasteiger charge is 2.21. The quantitative estimate of drug-likeness (QED) is 0.0195. The van der Waals surface area contributed by atoms with Crippen molar-refractivity contribution < 1.29 is 42.1 Å². The Kier molecular flexibility index (Phi) is 42.6. The third-order valence-corrected chi connectivity index (χ3v) is 12.2. The van der Waals surface area contributed by atoms with Gasteiger partial charge in [0.2, 0.25) is 0 Å².